The predicted octanol–water partition coefficient (Wildman–Crippen LogP) is 4.26. The zero-order valence-corrected chi connectivity index (χ0v) is 31.2. The highest BCUT2D eigenvalue weighted by atomic mass is 19.1. The molecule has 2 aliphatic rings. The molecule has 1 unspecified atom stereocenters. The topological polar surface area (TPSA) is 179 Å². The smallest absolute Gasteiger partial charge is 0.350 e. The molecule has 2 fully saturated rings. The Balaban J connectivity index is 0.000000622. The van der Waals surface area contributed by atoms with Gasteiger partial charge in [0, 0.05) is 61.3 Å². The van der Waals surface area contributed by atoms with E-state index in [4.69, 9.17) is 24.4 Å². The van der Waals surface area contributed by atoms with E-state index in [1.807, 2.05) is 50.2 Å². The van der Waals surface area contributed by atoms with E-state index < -0.39 is 35.5 Å². The van der Waals surface area contributed by atoms with Gasteiger partial charge in [-0.05, 0) is 74.0 Å². The van der Waals surface area contributed by atoms with Crippen LogP contribution in [0.15, 0.2) is 103 Å². The van der Waals surface area contributed by atoms with Crippen LogP contribution in [0.1, 0.15) is 31.9 Å². The minimum absolute atomic E-state index is 0.0334. The Morgan fingerprint density at radius 2 is 1.53 bits per heavy atom. The minimum Gasteiger partial charge on any atom is -0.491 e. The molecule has 18 heteroatoms. The molecule has 5 aromatic rings. The molecule has 3 aromatic carbocycles. The summed E-state index contributed by atoms with van der Waals surface area (Å²) in [5.41, 5.74) is 2.95. The molecule has 2 saturated heterocycles. The fourth-order valence-electron chi connectivity index (χ4n) is 6.38. The lowest BCUT2D eigenvalue weighted by Gasteiger charge is -2.37. The number of ether oxygens (including phenoxy) is 3. The quantitative estimate of drug-likeness (QED) is 0.162. The van der Waals surface area contributed by atoms with Crippen LogP contribution in [-0.4, -0.2) is 96.8 Å². The van der Waals surface area contributed by atoms with E-state index in [1.165, 1.54) is 34.2 Å². The molecule has 300 valence electrons. The van der Waals surface area contributed by atoms with Crippen LogP contribution in [0, 0.1) is 11.6 Å². The first-order chi connectivity index (χ1) is 27.4. The molecule has 4 heterocycles. The molecule has 0 amide bonds. The summed E-state index contributed by atoms with van der Waals surface area (Å²) < 4.78 is 51.4. The molecule has 3 atom stereocenters. The monoisotopic (exact) mass is 788 g/mol. The van der Waals surface area contributed by atoms with Gasteiger partial charge >= 0.3 is 17.6 Å². The molecule has 16 nitrogen and oxygen atoms in total. The summed E-state index contributed by atoms with van der Waals surface area (Å²) in [5, 5.41) is 24.0. The Hall–Kier alpha value is -6.40. The van der Waals surface area contributed by atoms with Crippen molar-refractivity contribution in [3.8, 4) is 11.4 Å². The number of halogens is 2. The van der Waals surface area contributed by atoms with E-state index in [2.05, 4.69) is 37.1 Å². The van der Waals surface area contributed by atoms with E-state index in [9.17, 15) is 23.2 Å². The van der Waals surface area contributed by atoms with Crippen molar-refractivity contribution < 1.29 is 42.8 Å². The fraction of sp³-hybridized carbons (Fsp3) is 0.333. The van der Waals surface area contributed by atoms with Crippen molar-refractivity contribution in [1.29, 1.82) is 0 Å². The van der Waals surface area contributed by atoms with Crippen molar-refractivity contribution in [2.45, 2.75) is 44.7 Å². The number of rotatable bonds is 13. The molecule has 2 N–H and O–H groups in total. The third-order valence-corrected chi connectivity index (χ3v) is 9.52. The minimum atomic E-state index is -1.51. The molecule has 0 radical (unpaired) electrons. The van der Waals surface area contributed by atoms with E-state index in [-0.39, 0.29) is 37.1 Å². The lowest BCUT2D eigenvalue weighted by atomic mass is 10.0. The molecule has 0 aliphatic carbocycles. The van der Waals surface area contributed by atoms with E-state index in [1.54, 1.807) is 10.9 Å². The van der Waals surface area contributed by atoms with Crippen LogP contribution in [0.3, 0.4) is 0 Å². The van der Waals surface area contributed by atoms with E-state index >= 15 is 0 Å². The van der Waals surface area contributed by atoms with Crippen molar-refractivity contribution in [3.05, 3.63) is 126 Å². The average Bonchev–Trinajstić information content (AvgIpc) is 3.98. The summed E-state index contributed by atoms with van der Waals surface area (Å²) in [4.78, 5) is 40.5. The van der Waals surface area contributed by atoms with Gasteiger partial charge < -0.3 is 34.2 Å². The normalized spacial score (nSPS) is 18.6. The van der Waals surface area contributed by atoms with Crippen molar-refractivity contribution in [2.24, 2.45) is 0 Å². The number of carbonyl (C=O) groups is 2. The van der Waals surface area contributed by atoms with Gasteiger partial charge in [-0.15, -0.1) is 0 Å². The number of piperazine rings is 1. The van der Waals surface area contributed by atoms with Crippen LogP contribution in [0.5, 0.6) is 5.75 Å². The van der Waals surface area contributed by atoms with Gasteiger partial charge in [-0.3, -0.25) is 0 Å². The lowest BCUT2D eigenvalue weighted by Crippen LogP contribution is -2.46. The Morgan fingerprint density at radius 3 is 2.09 bits per heavy atom. The van der Waals surface area contributed by atoms with Gasteiger partial charge in [-0.25, -0.2) is 42.1 Å². The summed E-state index contributed by atoms with van der Waals surface area (Å²) in [6, 6.07) is 19.3. The van der Waals surface area contributed by atoms with Gasteiger partial charge in [0.1, 0.15) is 55.6 Å². The summed E-state index contributed by atoms with van der Waals surface area (Å²) in [6.07, 6.45) is 5.88. The van der Waals surface area contributed by atoms with Gasteiger partial charge in [-0.2, -0.15) is 10.2 Å². The molecule has 2 aliphatic heterocycles. The van der Waals surface area contributed by atoms with E-state index in [0.717, 1.165) is 55.7 Å². The maximum atomic E-state index is 14.9. The van der Waals surface area contributed by atoms with E-state index in [0.29, 0.717) is 17.9 Å². The van der Waals surface area contributed by atoms with Crippen LogP contribution in [0.25, 0.3) is 5.69 Å². The highest BCUT2D eigenvalue weighted by molar-refractivity contribution is 5.89. The maximum absolute atomic E-state index is 14.9. The molecular weight excluding hydrogens is 746 g/mol. The zero-order valence-electron chi connectivity index (χ0n) is 31.2. The van der Waals surface area contributed by atoms with Crippen LogP contribution < -0.4 is 20.2 Å². The maximum Gasteiger partial charge on any atom is 0.350 e. The second-order valence-electron chi connectivity index (χ2n) is 13.3. The first kappa shape index (κ1) is 40.3. The predicted molar refractivity (Wildman–Crippen MR) is 202 cm³/mol. The van der Waals surface area contributed by atoms with Crippen molar-refractivity contribution in [1.82, 2.24) is 29.1 Å². The van der Waals surface area contributed by atoms with Crippen molar-refractivity contribution in [2.75, 3.05) is 49.2 Å². The molecular formula is C39H42F2N8O8. The third kappa shape index (κ3) is 9.89. The molecule has 0 bridgehead atoms. The molecule has 2 aromatic heterocycles. The number of hydrogen-bond donors (Lipinski definition) is 2. The number of benzene rings is 3. The summed E-state index contributed by atoms with van der Waals surface area (Å²) in [7, 11) is 0. The highest BCUT2D eigenvalue weighted by Gasteiger charge is 2.46. The van der Waals surface area contributed by atoms with Gasteiger partial charge in [0.25, 0.3) is 0 Å². The highest BCUT2D eigenvalue weighted by Crippen LogP contribution is 2.38. The first-order valence-electron chi connectivity index (χ1n) is 18.2. The summed E-state index contributed by atoms with van der Waals surface area (Å²) >= 11 is 0. The number of nitrogens with zero attached hydrogens (tertiary/aromatic N) is 8. The Bertz CT molecular complexity index is 2190. The lowest BCUT2D eigenvalue weighted by molar-refractivity contribution is -0.192. The SMILES string of the molecule is CCC(C)n1ncn(-c2ccc(N3CCN(c4ccc(OC[C@H]5CO[C@](Cn6cncn6)(c6ccc(F)cc6F)O5)cc4)CC3)cc2)c1=O.O=C(O)/C=C/C(=O)O. The van der Waals surface area contributed by atoms with Crippen LogP contribution in [0.4, 0.5) is 20.2 Å². The largest absolute Gasteiger partial charge is 0.491 e. The Labute approximate surface area is 325 Å². The number of anilines is 2. The average molecular weight is 789 g/mol. The Kier molecular flexibility index (Phi) is 12.7. The van der Waals surface area contributed by atoms with Crippen molar-refractivity contribution in [3.63, 3.8) is 0 Å². The number of carboxylic acid groups (broad SMARTS) is 2. The van der Waals surface area contributed by atoms with Crippen LogP contribution >= 0.6 is 0 Å². The van der Waals surface area contributed by atoms with Gasteiger partial charge in [0.2, 0.25) is 5.79 Å². The standard InChI is InChI=1S/C35H38F2N8O4.C4H4O4/c1-3-25(2)45-34(46)44(24-40-45)29-7-5-27(6-8-29)41-14-16-42(17-15-41)28-9-11-30(12-10-28)47-19-31-20-48-35(49-31,21-43-23-38-22-39-43)32-13-4-26(36)18-33(32)37;5-3(6)1-2-4(7)8/h4-13,18,22-25,31H,3,14-17,19-21H2,1-2H3;1-2H,(H,5,6)(H,7,8)/b;2-1+/t25?,31-,35-;/m0./s1. The molecule has 7 rings (SSSR count). The third-order valence-electron chi connectivity index (χ3n) is 9.52. The van der Waals surface area contributed by atoms with Crippen molar-refractivity contribution >= 4 is 23.3 Å². The number of aromatic nitrogens is 6. The molecule has 0 saturated carbocycles. The first-order valence-corrected chi connectivity index (χ1v) is 18.2. The molecule has 57 heavy (non-hydrogen) atoms. The van der Waals surface area contributed by atoms with Gasteiger partial charge in [-0.1, -0.05) is 6.92 Å². The number of carboxylic acids is 2. The summed E-state index contributed by atoms with van der Waals surface area (Å²) in [5.74, 6) is -4.81. The van der Waals surface area contributed by atoms with Crippen LogP contribution in [0.2, 0.25) is 0 Å². The zero-order chi connectivity index (χ0) is 40.5. The summed E-state index contributed by atoms with van der Waals surface area (Å²) in [6.45, 7) is 7.80. The fourth-order valence-corrected chi connectivity index (χ4v) is 6.38. The number of hydrogen-bond acceptors (Lipinski definition) is 11. The molecule has 0 spiro atoms. The van der Waals surface area contributed by atoms with Gasteiger partial charge in [0.15, 0.2) is 0 Å². The van der Waals surface area contributed by atoms with Gasteiger partial charge in [0.05, 0.1) is 18.3 Å². The van der Waals surface area contributed by atoms with Crippen LogP contribution in [-0.2, 0) is 31.4 Å². The second-order valence-corrected chi connectivity index (χ2v) is 13.3. The second kappa shape index (κ2) is 18.0. The number of aliphatic carboxylic acids is 2. The Morgan fingerprint density at radius 1 is 0.912 bits per heavy atom.